The van der Waals surface area contributed by atoms with Crippen LogP contribution in [0.2, 0.25) is 0 Å². The van der Waals surface area contributed by atoms with E-state index < -0.39 is 0 Å². The zero-order valence-corrected chi connectivity index (χ0v) is 14.2. The average Bonchev–Trinajstić information content (AvgIpc) is 2.36. The lowest BCUT2D eigenvalue weighted by Crippen LogP contribution is -2.34. The van der Waals surface area contributed by atoms with Crippen molar-refractivity contribution >= 4 is 0 Å². The third-order valence-electron chi connectivity index (χ3n) is 4.04. The van der Waals surface area contributed by atoms with Gasteiger partial charge in [0.15, 0.2) is 0 Å². The molecule has 1 atom stereocenters. The molecule has 0 saturated heterocycles. The van der Waals surface area contributed by atoms with E-state index in [1.54, 1.807) is 0 Å². The van der Waals surface area contributed by atoms with Crippen LogP contribution in [-0.2, 0) is 0 Å². The fourth-order valence-corrected chi connectivity index (χ4v) is 3.16. The summed E-state index contributed by atoms with van der Waals surface area (Å²) in [7, 11) is 0. The summed E-state index contributed by atoms with van der Waals surface area (Å²) < 4.78 is 0. The van der Waals surface area contributed by atoms with Crippen LogP contribution in [-0.4, -0.2) is 31.1 Å². The average molecular weight is 276 g/mol. The molecule has 1 N–H and O–H groups in total. The molecule has 0 amide bonds. The van der Waals surface area contributed by atoms with Crippen molar-refractivity contribution in [3.05, 3.63) is 34.4 Å². The molecule has 114 valence electrons. The Balaban J connectivity index is 2.57. The van der Waals surface area contributed by atoms with E-state index in [4.69, 9.17) is 0 Å². The fraction of sp³-hybridized carbons (Fsp3) is 0.667. The Hall–Kier alpha value is -0.860. The van der Waals surface area contributed by atoms with E-state index in [-0.39, 0.29) is 0 Å². The first-order chi connectivity index (χ1) is 9.49. The van der Waals surface area contributed by atoms with Gasteiger partial charge in [-0.15, -0.1) is 0 Å². The van der Waals surface area contributed by atoms with Crippen LogP contribution in [0.3, 0.4) is 0 Å². The molecule has 0 aliphatic carbocycles. The van der Waals surface area contributed by atoms with Gasteiger partial charge in [-0.1, -0.05) is 31.5 Å². The van der Waals surface area contributed by atoms with Crippen LogP contribution in [0.5, 0.6) is 0 Å². The molecule has 0 aliphatic heterocycles. The predicted octanol–water partition coefficient (Wildman–Crippen LogP) is 3.99. The van der Waals surface area contributed by atoms with Crippen molar-refractivity contribution in [1.29, 1.82) is 0 Å². The van der Waals surface area contributed by atoms with Gasteiger partial charge in [-0.05, 0) is 63.9 Å². The molecule has 0 aromatic heterocycles. The molecule has 0 heterocycles. The number of hydrogen-bond donors (Lipinski definition) is 1. The van der Waals surface area contributed by atoms with E-state index in [0.29, 0.717) is 6.04 Å². The van der Waals surface area contributed by atoms with Gasteiger partial charge >= 0.3 is 0 Å². The van der Waals surface area contributed by atoms with E-state index in [0.717, 1.165) is 19.6 Å². The van der Waals surface area contributed by atoms with Gasteiger partial charge in [-0.25, -0.2) is 0 Å². The maximum absolute atomic E-state index is 3.68. The van der Waals surface area contributed by atoms with E-state index in [9.17, 15) is 0 Å². The second-order valence-corrected chi connectivity index (χ2v) is 5.92. The summed E-state index contributed by atoms with van der Waals surface area (Å²) in [5.74, 6) is 0. The zero-order valence-electron chi connectivity index (χ0n) is 14.2. The second kappa shape index (κ2) is 8.43. The summed E-state index contributed by atoms with van der Waals surface area (Å²) in [5.41, 5.74) is 5.64. The van der Waals surface area contributed by atoms with Gasteiger partial charge < -0.3 is 10.2 Å². The maximum Gasteiger partial charge on any atom is 0.0297 e. The molecular formula is C18H32N2. The highest BCUT2D eigenvalue weighted by molar-refractivity contribution is 5.39. The Morgan fingerprint density at radius 3 is 2.15 bits per heavy atom. The number of nitrogens with zero attached hydrogens (tertiary/aromatic N) is 1. The molecule has 0 radical (unpaired) electrons. The summed E-state index contributed by atoms with van der Waals surface area (Å²) >= 11 is 0. The number of benzene rings is 1. The highest BCUT2D eigenvalue weighted by Crippen LogP contribution is 2.23. The number of nitrogens with one attached hydrogen (secondary N) is 1. The van der Waals surface area contributed by atoms with Gasteiger partial charge in [0.05, 0.1) is 0 Å². The SMILES string of the molecule is CCCN(CC)CCNC(C)c1c(C)cc(C)cc1C. The molecule has 0 fully saturated rings. The third kappa shape index (κ3) is 4.92. The summed E-state index contributed by atoms with van der Waals surface area (Å²) in [5, 5.41) is 3.68. The number of rotatable bonds is 8. The van der Waals surface area contributed by atoms with E-state index in [2.05, 4.69) is 63.9 Å². The van der Waals surface area contributed by atoms with Gasteiger partial charge in [-0.2, -0.15) is 0 Å². The summed E-state index contributed by atoms with van der Waals surface area (Å²) in [4.78, 5) is 2.51. The monoisotopic (exact) mass is 276 g/mol. The van der Waals surface area contributed by atoms with E-state index >= 15 is 0 Å². The minimum Gasteiger partial charge on any atom is -0.309 e. The predicted molar refractivity (Wildman–Crippen MR) is 89.5 cm³/mol. The van der Waals surface area contributed by atoms with Crippen molar-refractivity contribution in [2.45, 2.75) is 54.0 Å². The van der Waals surface area contributed by atoms with Gasteiger partial charge in [0, 0.05) is 19.1 Å². The molecule has 0 spiro atoms. The molecule has 1 aromatic rings. The van der Waals surface area contributed by atoms with Crippen molar-refractivity contribution in [3.63, 3.8) is 0 Å². The van der Waals surface area contributed by atoms with Crippen LogP contribution in [0, 0.1) is 20.8 Å². The molecular weight excluding hydrogens is 244 g/mol. The Labute approximate surface area is 125 Å². The number of likely N-dealkylation sites (N-methyl/N-ethyl adjacent to an activating group) is 1. The third-order valence-corrected chi connectivity index (χ3v) is 4.04. The minimum absolute atomic E-state index is 0.427. The Bertz CT molecular complexity index is 389. The van der Waals surface area contributed by atoms with Gasteiger partial charge in [0.1, 0.15) is 0 Å². The van der Waals surface area contributed by atoms with Crippen LogP contribution < -0.4 is 5.32 Å². The molecule has 2 nitrogen and oxygen atoms in total. The van der Waals surface area contributed by atoms with Crippen LogP contribution in [0.25, 0.3) is 0 Å². The lowest BCUT2D eigenvalue weighted by molar-refractivity contribution is 0.284. The highest BCUT2D eigenvalue weighted by Gasteiger charge is 2.11. The van der Waals surface area contributed by atoms with Crippen LogP contribution in [0.4, 0.5) is 0 Å². The zero-order chi connectivity index (χ0) is 15.1. The molecule has 0 aliphatic rings. The number of hydrogen-bond acceptors (Lipinski definition) is 2. The van der Waals surface area contributed by atoms with Crippen molar-refractivity contribution in [2.24, 2.45) is 0 Å². The maximum atomic E-state index is 3.68. The van der Waals surface area contributed by atoms with E-state index in [1.165, 1.54) is 35.2 Å². The molecule has 2 heteroatoms. The molecule has 20 heavy (non-hydrogen) atoms. The molecule has 1 aromatic carbocycles. The Kier molecular flexibility index (Phi) is 7.25. The van der Waals surface area contributed by atoms with Crippen molar-refractivity contribution < 1.29 is 0 Å². The van der Waals surface area contributed by atoms with Crippen LogP contribution in [0.15, 0.2) is 12.1 Å². The molecule has 1 unspecified atom stereocenters. The van der Waals surface area contributed by atoms with Gasteiger partial charge in [0.25, 0.3) is 0 Å². The topological polar surface area (TPSA) is 15.3 Å². The van der Waals surface area contributed by atoms with Gasteiger partial charge in [0.2, 0.25) is 0 Å². The summed E-state index contributed by atoms with van der Waals surface area (Å²) in [6.45, 7) is 17.9. The summed E-state index contributed by atoms with van der Waals surface area (Å²) in [6, 6.07) is 5.00. The van der Waals surface area contributed by atoms with E-state index in [1.807, 2.05) is 0 Å². The van der Waals surface area contributed by atoms with Gasteiger partial charge in [-0.3, -0.25) is 0 Å². The quantitative estimate of drug-likeness (QED) is 0.772. The number of aryl methyl sites for hydroxylation is 3. The highest BCUT2D eigenvalue weighted by atomic mass is 15.1. The standard InChI is InChI=1S/C18H32N2/c1-7-10-20(8-2)11-9-19-17(6)18-15(4)12-14(3)13-16(18)5/h12-13,17,19H,7-11H2,1-6H3. The second-order valence-electron chi connectivity index (χ2n) is 5.92. The first kappa shape index (κ1) is 17.2. The molecule has 0 saturated carbocycles. The fourth-order valence-electron chi connectivity index (χ4n) is 3.16. The smallest absolute Gasteiger partial charge is 0.0297 e. The lowest BCUT2D eigenvalue weighted by Gasteiger charge is -2.23. The molecule has 0 bridgehead atoms. The Morgan fingerprint density at radius 2 is 1.65 bits per heavy atom. The normalized spacial score (nSPS) is 12.9. The van der Waals surface area contributed by atoms with Crippen LogP contribution >= 0.6 is 0 Å². The summed E-state index contributed by atoms with van der Waals surface area (Å²) in [6.07, 6.45) is 1.24. The van der Waals surface area contributed by atoms with Crippen LogP contribution in [0.1, 0.15) is 55.5 Å². The first-order valence-electron chi connectivity index (χ1n) is 8.03. The molecule has 1 rings (SSSR count). The first-order valence-corrected chi connectivity index (χ1v) is 8.03. The van der Waals surface area contributed by atoms with Crippen molar-refractivity contribution in [3.8, 4) is 0 Å². The van der Waals surface area contributed by atoms with Crippen molar-refractivity contribution in [2.75, 3.05) is 26.2 Å². The largest absolute Gasteiger partial charge is 0.309 e. The minimum atomic E-state index is 0.427. The van der Waals surface area contributed by atoms with Crippen molar-refractivity contribution in [1.82, 2.24) is 10.2 Å². The lowest BCUT2D eigenvalue weighted by atomic mass is 9.95. The Morgan fingerprint density at radius 1 is 1.05 bits per heavy atom.